The van der Waals surface area contributed by atoms with Crippen LogP contribution in [0, 0.1) is 7.43 Å². The fourth-order valence-corrected chi connectivity index (χ4v) is 3.45. The van der Waals surface area contributed by atoms with Crippen LogP contribution in [0.5, 0.6) is 0 Å². The van der Waals surface area contributed by atoms with Gasteiger partial charge in [-0.05, 0) is 24.6 Å². The molecule has 2 amide bonds. The summed E-state index contributed by atoms with van der Waals surface area (Å²) in [5.74, 6) is -0.867. The number of quaternary nitrogens is 1. The number of aliphatic hydroxyl groups is 1. The molecule has 1 aromatic carbocycles. The summed E-state index contributed by atoms with van der Waals surface area (Å²) >= 11 is 0. The van der Waals surface area contributed by atoms with Crippen LogP contribution < -0.4 is 89.7 Å². The number of ether oxygens (including phenoxy) is 2. The molecule has 2 aromatic heterocycles. The minimum absolute atomic E-state index is 0. The Morgan fingerprint density at radius 1 is 1.12 bits per heavy atom. The van der Waals surface area contributed by atoms with E-state index in [1.54, 1.807) is 37.6 Å². The molecule has 40 heavy (non-hydrogen) atoms. The van der Waals surface area contributed by atoms with Gasteiger partial charge in [0, 0.05) is 43.2 Å². The van der Waals surface area contributed by atoms with Crippen molar-refractivity contribution >= 4 is 28.9 Å². The molecule has 14 heteroatoms. The van der Waals surface area contributed by atoms with Crippen molar-refractivity contribution in [3.63, 3.8) is 0 Å². The van der Waals surface area contributed by atoms with E-state index in [0.29, 0.717) is 5.56 Å². The first kappa shape index (κ1) is 38.0. The average molecular weight is 682 g/mol. The predicted octanol–water partition coefficient (Wildman–Crippen LogP) is -2.84. The van der Waals surface area contributed by atoms with Crippen molar-refractivity contribution in [2.24, 2.45) is 0 Å². The molecular weight excluding hydrogens is 643 g/mol. The average Bonchev–Trinajstić information content (AvgIpc) is 3.35. The van der Waals surface area contributed by atoms with Gasteiger partial charge in [-0.15, -0.1) is 0 Å². The van der Waals surface area contributed by atoms with E-state index in [4.69, 9.17) is 19.4 Å². The summed E-state index contributed by atoms with van der Waals surface area (Å²) in [7, 11) is 2.46. The number of aromatic nitrogens is 2. The first-order valence-corrected chi connectivity index (χ1v) is 11.8. The summed E-state index contributed by atoms with van der Waals surface area (Å²) in [6.45, 7) is 2.26. The number of pyridine rings is 1. The van der Waals surface area contributed by atoms with Gasteiger partial charge in [-0.25, -0.2) is 9.59 Å². The van der Waals surface area contributed by atoms with Gasteiger partial charge >= 0.3 is 81.0 Å². The molecule has 3 rings (SSSR count). The van der Waals surface area contributed by atoms with Crippen LogP contribution >= 0.6 is 0 Å². The Labute approximate surface area is 292 Å². The Hall–Kier alpha value is -1.99. The second kappa shape index (κ2) is 21.7. The van der Waals surface area contributed by atoms with Gasteiger partial charge in [0.25, 0.3) is 12.6 Å². The third-order valence-electron chi connectivity index (χ3n) is 5.10. The zero-order valence-electron chi connectivity index (χ0n) is 23.6. The van der Waals surface area contributed by atoms with E-state index in [-0.39, 0.29) is 115 Å². The van der Waals surface area contributed by atoms with Crippen molar-refractivity contribution in [3.05, 3.63) is 73.5 Å². The maximum atomic E-state index is 12.5. The van der Waals surface area contributed by atoms with Gasteiger partial charge < -0.3 is 37.6 Å². The number of aromatic amines is 1. The summed E-state index contributed by atoms with van der Waals surface area (Å²) in [6.07, 6.45) is 4.43. The zero-order chi connectivity index (χ0) is 27.8. The molecule has 0 aliphatic rings. The fourth-order valence-electron chi connectivity index (χ4n) is 3.45. The number of esters is 1. The summed E-state index contributed by atoms with van der Waals surface area (Å²) in [5, 5.41) is 13.2. The molecule has 0 spiro atoms. The number of aliphatic hydroxyl groups excluding tert-OH is 1. The van der Waals surface area contributed by atoms with Crippen molar-refractivity contribution < 1.29 is 118 Å². The minimum atomic E-state index is -0.934. The summed E-state index contributed by atoms with van der Waals surface area (Å²) in [6, 6.07) is 10.0. The number of nitrogens with zero attached hydrogens (tertiary/aromatic N) is 1. The standard InChI is InChI=1S/C24H29N5O7.CH4O.CH3.Cs/c1-3-34-23(31)21(13-18-14-26-20-9-5-4-8-19(18)20)27-24(32)35-16-29-11-6-7-17(15-29)22(30)25-10-12-36-28-33-2;1-2;;/h4-9,11,14-15,21,26H,3,10,12-13,16,28H2,1-2H3;2H,1H3;1H3;/q;;-1;+1/p+2. The normalized spacial score (nSPS) is 10.6. The van der Waals surface area contributed by atoms with Crippen LogP contribution in [0.4, 0.5) is 4.79 Å². The topological polar surface area (TPSA) is 169 Å². The molecule has 0 radical (unpaired) electrons. The summed E-state index contributed by atoms with van der Waals surface area (Å²) in [5.41, 5.74) is 3.35. The number of para-hydroxylation sites is 1. The van der Waals surface area contributed by atoms with E-state index in [0.717, 1.165) is 23.6 Å². The Bertz CT molecular complexity index is 1180. The van der Waals surface area contributed by atoms with Crippen LogP contribution in [-0.4, -0.2) is 68.1 Å². The number of benzene rings is 1. The van der Waals surface area contributed by atoms with E-state index in [9.17, 15) is 14.4 Å². The molecule has 0 aliphatic carbocycles. The third kappa shape index (κ3) is 12.7. The maximum absolute atomic E-state index is 12.5. The van der Waals surface area contributed by atoms with E-state index in [1.165, 1.54) is 17.3 Å². The van der Waals surface area contributed by atoms with Crippen LogP contribution in [0.15, 0.2) is 55.0 Å². The summed E-state index contributed by atoms with van der Waals surface area (Å²) in [4.78, 5) is 50.1. The van der Waals surface area contributed by atoms with Crippen molar-refractivity contribution in [2.45, 2.75) is 26.1 Å². The van der Waals surface area contributed by atoms with Gasteiger partial charge in [0.2, 0.25) is 0 Å². The van der Waals surface area contributed by atoms with E-state index in [2.05, 4.69) is 20.5 Å². The smallest absolute Gasteiger partial charge is 0.464 e. The molecule has 214 valence electrons. The van der Waals surface area contributed by atoms with E-state index >= 15 is 0 Å². The second-order valence-electron chi connectivity index (χ2n) is 7.64. The Morgan fingerprint density at radius 3 is 2.60 bits per heavy atom. The molecule has 1 atom stereocenters. The van der Waals surface area contributed by atoms with Gasteiger partial charge in [0.1, 0.15) is 18.2 Å². The van der Waals surface area contributed by atoms with Crippen LogP contribution in [-0.2, 0) is 37.1 Å². The molecule has 0 bridgehead atoms. The largest absolute Gasteiger partial charge is 1.00 e. The number of amides is 2. The number of fused-ring (bicyclic) bond motifs is 1. The number of rotatable bonds is 13. The first-order valence-electron chi connectivity index (χ1n) is 11.8. The van der Waals surface area contributed by atoms with Gasteiger partial charge in [-0.1, -0.05) is 23.8 Å². The molecule has 13 nitrogen and oxygen atoms in total. The number of nitrogens with one attached hydrogen (secondary N) is 3. The number of H-pyrrole nitrogens is 1. The quantitative estimate of drug-likeness (QED) is 0.0423. The number of nitrogens with two attached hydrogens (primary N) is 1. The molecule has 0 saturated carbocycles. The molecule has 2 heterocycles. The Balaban J connectivity index is 0.00000372. The second-order valence-corrected chi connectivity index (χ2v) is 7.64. The SMILES string of the molecule is CCOC(=O)C(Cc1c[nH]c2ccccc12)NC(=O)OC[n+]1cccc(C(=O)NCCO[NH2+]OC)c1.CO.[CH3-].[Cs+]. The van der Waals surface area contributed by atoms with Crippen molar-refractivity contribution in [2.75, 3.05) is 34.0 Å². The molecule has 1 unspecified atom stereocenters. The molecular formula is C26H38CsN5O8+2. The van der Waals surface area contributed by atoms with E-state index in [1.807, 2.05) is 24.3 Å². The van der Waals surface area contributed by atoms with Crippen LogP contribution in [0.2, 0.25) is 0 Å². The fraction of sp³-hybridized carbons (Fsp3) is 0.346. The number of carbonyl (C=O) groups excluding carboxylic acids is 3. The molecule has 3 aromatic rings. The van der Waals surface area contributed by atoms with Gasteiger partial charge in [0.15, 0.2) is 12.4 Å². The summed E-state index contributed by atoms with van der Waals surface area (Å²) < 4.78 is 11.9. The van der Waals surface area contributed by atoms with Crippen molar-refractivity contribution in [3.8, 4) is 0 Å². The number of hydrogen-bond donors (Lipinski definition) is 5. The van der Waals surface area contributed by atoms with Crippen LogP contribution in [0.3, 0.4) is 0 Å². The van der Waals surface area contributed by atoms with Crippen LogP contribution in [0.1, 0.15) is 22.8 Å². The van der Waals surface area contributed by atoms with Gasteiger partial charge in [-0.3, -0.25) is 4.79 Å². The molecule has 0 fully saturated rings. The minimum Gasteiger partial charge on any atom is -0.464 e. The Kier molecular flexibility index (Phi) is 20.6. The van der Waals surface area contributed by atoms with Crippen LogP contribution in [0.25, 0.3) is 10.9 Å². The zero-order valence-corrected chi connectivity index (χ0v) is 29.9. The first-order chi connectivity index (χ1) is 18.5. The maximum Gasteiger partial charge on any atom is 1.00 e. The number of carbonyl (C=O) groups is 3. The van der Waals surface area contributed by atoms with Crippen molar-refractivity contribution in [1.29, 1.82) is 0 Å². The van der Waals surface area contributed by atoms with Gasteiger partial charge in [0.05, 0.1) is 13.7 Å². The Morgan fingerprint density at radius 2 is 1.88 bits per heavy atom. The molecule has 6 N–H and O–H groups in total. The van der Waals surface area contributed by atoms with E-state index < -0.39 is 18.1 Å². The number of hydrogen-bond acceptors (Lipinski definition) is 8. The third-order valence-corrected chi connectivity index (χ3v) is 5.10. The van der Waals surface area contributed by atoms with Gasteiger partial charge in [-0.2, -0.15) is 14.2 Å². The van der Waals surface area contributed by atoms with Crippen molar-refractivity contribution in [1.82, 2.24) is 15.6 Å². The molecule has 0 aliphatic heterocycles. The monoisotopic (exact) mass is 681 g/mol. The molecule has 0 saturated heterocycles. The number of alkyl carbamates (subject to hydrolysis) is 1. The predicted molar refractivity (Wildman–Crippen MR) is 140 cm³/mol.